The zero-order chi connectivity index (χ0) is 20.4. The summed E-state index contributed by atoms with van der Waals surface area (Å²) in [7, 11) is 0. The summed E-state index contributed by atoms with van der Waals surface area (Å²) in [4.78, 5) is 11.6. The number of carbonyl (C=O) groups is 1. The van der Waals surface area contributed by atoms with E-state index in [4.69, 9.17) is 4.74 Å². The lowest BCUT2D eigenvalue weighted by atomic mass is 9.86. The SMILES string of the molecule is CCc1ccc(CC2(C)CCc3ccc(-c4ccccc4C(=O)O)cc3O2)cc1. The zero-order valence-electron chi connectivity index (χ0n) is 16.9. The van der Waals surface area contributed by atoms with Gasteiger partial charge in [-0.3, -0.25) is 0 Å². The summed E-state index contributed by atoms with van der Waals surface area (Å²) in [5, 5.41) is 9.52. The summed E-state index contributed by atoms with van der Waals surface area (Å²) in [6, 6.07) is 21.9. The van der Waals surface area contributed by atoms with Crippen LogP contribution in [0.4, 0.5) is 0 Å². The van der Waals surface area contributed by atoms with Crippen LogP contribution in [-0.4, -0.2) is 16.7 Å². The van der Waals surface area contributed by atoms with E-state index >= 15 is 0 Å². The summed E-state index contributed by atoms with van der Waals surface area (Å²) in [5.41, 5.74) is 5.43. The van der Waals surface area contributed by atoms with Gasteiger partial charge in [0, 0.05) is 6.42 Å². The first-order valence-electron chi connectivity index (χ1n) is 10.2. The number of aryl methyl sites for hydroxylation is 2. The molecular formula is C26H26O3. The highest BCUT2D eigenvalue weighted by molar-refractivity contribution is 5.96. The Balaban J connectivity index is 1.62. The van der Waals surface area contributed by atoms with Crippen molar-refractivity contribution >= 4 is 5.97 Å². The minimum atomic E-state index is -0.917. The third-order valence-corrected chi connectivity index (χ3v) is 5.82. The van der Waals surface area contributed by atoms with Gasteiger partial charge in [-0.2, -0.15) is 0 Å². The number of rotatable bonds is 5. The molecule has 1 heterocycles. The van der Waals surface area contributed by atoms with Crippen molar-refractivity contribution in [3.05, 3.63) is 89.0 Å². The van der Waals surface area contributed by atoms with Crippen LogP contribution in [0.15, 0.2) is 66.7 Å². The Kier molecular flexibility index (Phi) is 5.14. The van der Waals surface area contributed by atoms with Crippen LogP contribution in [0.25, 0.3) is 11.1 Å². The molecule has 1 aliphatic rings. The minimum Gasteiger partial charge on any atom is -0.487 e. The van der Waals surface area contributed by atoms with Crippen molar-refractivity contribution < 1.29 is 14.6 Å². The molecule has 0 amide bonds. The molecule has 0 fully saturated rings. The van der Waals surface area contributed by atoms with Crippen LogP contribution >= 0.6 is 0 Å². The lowest BCUT2D eigenvalue weighted by molar-refractivity contribution is 0.0653. The molecule has 3 heteroatoms. The van der Waals surface area contributed by atoms with Gasteiger partial charge in [0.05, 0.1) is 5.56 Å². The van der Waals surface area contributed by atoms with Gasteiger partial charge < -0.3 is 9.84 Å². The first kappa shape index (κ1) is 19.3. The average molecular weight is 386 g/mol. The molecular weight excluding hydrogens is 360 g/mol. The summed E-state index contributed by atoms with van der Waals surface area (Å²) in [6.45, 7) is 4.33. The van der Waals surface area contributed by atoms with E-state index in [1.54, 1.807) is 12.1 Å². The van der Waals surface area contributed by atoms with Crippen LogP contribution < -0.4 is 4.74 Å². The number of fused-ring (bicyclic) bond motifs is 1. The predicted molar refractivity (Wildman–Crippen MR) is 116 cm³/mol. The number of carboxylic acids is 1. The highest BCUT2D eigenvalue weighted by Gasteiger charge is 2.32. The zero-order valence-corrected chi connectivity index (χ0v) is 16.9. The molecule has 0 spiro atoms. The molecule has 29 heavy (non-hydrogen) atoms. The third kappa shape index (κ3) is 4.04. The second-order valence-electron chi connectivity index (χ2n) is 8.07. The van der Waals surface area contributed by atoms with Crippen molar-refractivity contribution in [1.82, 2.24) is 0 Å². The van der Waals surface area contributed by atoms with Gasteiger partial charge in [-0.1, -0.05) is 61.5 Å². The van der Waals surface area contributed by atoms with Crippen LogP contribution in [0.3, 0.4) is 0 Å². The molecule has 0 saturated carbocycles. The lowest BCUT2D eigenvalue weighted by Crippen LogP contribution is -2.38. The molecule has 0 aromatic heterocycles. The van der Waals surface area contributed by atoms with E-state index in [0.29, 0.717) is 11.1 Å². The lowest BCUT2D eigenvalue weighted by Gasteiger charge is -2.36. The van der Waals surface area contributed by atoms with Crippen molar-refractivity contribution in [3.8, 4) is 16.9 Å². The molecule has 3 aromatic carbocycles. The Labute approximate surface area is 172 Å². The van der Waals surface area contributed by atoms with Crippen molar-refractivity contribution in [1.29, 1.82) is 0 Å². The Morgan fingerprint density at radius 2 is 1.76 bits per heavy atom. The van der Waals surface area contributed by atoms with Crippen molar-refractivity contribution in [2.75, 3.05) is 0 Å². The topological polar surface area (TPSA) is 46.5 Å². The first-order chi connectivity index (χ1) is 14.0. The monoisotopic (exact) mass is 386 g/mol. The van der Waals surface area contributed by atoms with Gasteiger partial charge in [0.1, 0.15) is 11.4 Å². The molecule has 1 atom stereocenters. The van der Waals surface area contributed by atoms with Gasteiger partial charge in [0.2, 0.25) is 0 Å². The van der Waals surface area contributed by atoms with Crippen LogP contribution in [-0.2, 0) is 19.3 Å². The van der Waals surface area contributed by atoms with E-state index in [0.717, 1.165) is 37.0 Å². The van der Waals surface area contributed by atoms with E-state index in [9.17, 15) is 9.90 Å². The average Bonchev–Trinajstić information content (AvgIpc) is 2.73. The van der Waals surface area contributed by atoms with E-state index < -0.39 is 5.97 Å². The number of hydrogen-bond acceptors (Lipinski definition) is 2. The van der Waals surface area contributed by atoms with E-state index in [-0.39, 0.29) is 5.60 Å². The first-order valence-corrected chi connectivity index (χ1v) is 10.2. The molecule has 1 aliphatic heterocycles. The predicted octanol–water partition coefficient (Wildman–Crippen LogP) is 5.94. The highest BCUT2D eigenvalue weighted by Crippen LogP contribution is 2.38. The second kappa shape index (κ2) is 7.75. The normalized spacial score (nSPS) is 18.0. The molecule has 1 unspecified atom stereocenters. The number of carboxylic acid groups (broad SMARTS) is 1. The van der Waals surface area contributed by atoms with Gasteiger partial charge in [-0.15, -0.1) is 0 Å². The molecule has 0 radical (unpaired) electrons. The molecule has 3 aromatic rings. The van der Waals surface area contributed by atoms with Gasteiger partial charge in [0.25, 0.3) is 0 Å². The Hall–Kier alpha value is -3.07. The van der Waals surface area contributed by atoms with Gasteiger partial charge in [0.15, 0.2) is 0 Å². The fraction of sp³-hybridized carbons (Fsp3) is 0.269. The maximum absolute atomic E-state index is 11.6. The quantitative estimate of drug-likeness (QED) is 0.590. The standard InChI is InChI=1S/C26H26O3/c1-3-18-8-10-19(11-9-18)17-26(2)15-14-20-12-13-21(16-24(20)29-26)22-6-4-5-7-23(22)25(27)28/h4-13,16H,3,14-15,17H2,1-2H3,(H,27,28). The van der Waals surface area contributed by atoms with Gasteiger partial charge in [-0.25, -0.2) is 4.79 Å². The van der Waals surface area contributed by atoms with Crippen molar-refractivity contribution in [2.24, 2.45) is 0 Å². The molecule has 0 saturated heterocycles. The van der Waals surface area contributed by atoms with Gasteiger partial charge in [-0.05, 0) is 66.1 Å². The molecule has 4 rings (SSSR count). The fourth-order valence-electron chi connectivity index (χ4n) is 4.11. The largest absolute Gasteiger partial charge is 0.487 e. The highest BCUT2D eigenvalue weighted by atomic mass is 16.5. The van der Waals surface area contributed by atoms with Crippen LogP contribution in [0.2, 0.25) is 0 Å². The minimum absolute atomic E-state index is 0.272. The van der Waals surface area contributed by atoms with E-state index in [2.05, 4.69) is 44.2 Å². The number of ether oxygens (including phenoxy) is 1. The molecule has 1 N–H and O–H groups in total. The maximum atomic E-state index is 11.6. The van der Waals surface area contributed by atoms with E-state index in [1.807, 2.05) is 24.3 Å². The summed E-state index contributed by atoms with van der Waals surface area (Å²) >= 11 is 0. The molecule has 0 bridgehead atoms. The van der Waals surface area contributed by atoms with Crippen LogP contribution in [0, 0.1) is 0 Å². The number of benzene rings is 3. The van der Waals surface area contributed by atoms with Crippen molar-refractivity contribution in [2.45, 2.75) is 45.1 Å². The summed E-state index contributed by atoms with van der Waals surface area (Å²) in [5.74, 6) is -0.0544. The maximum Gasteiger partial charge on any atom is 0.336 e. The summed E-state index contributed by atoms with van der Waals surface area (Å²) < 4.78 is 6.50. The fourth-order valence-corrected chi connectivity index (χ4v) is 4.11. The summed E-state index contributed by atoms with van der Waals surface area (Å²) in [6.07, 6.45) is 3.81. The molecule has 148 valence electrons. The number of aromatic carboxylic acids is 1. The van der Waals surface area contributed by atoms with Crippen molar-refractivity contribution in [3.63, 3.8) is 0 Å². The van der Waals surface area contributed by atoms with Gasteiger partial charge >= 0.3 is 5.97 Å². The third-order valence-electron chi connectivity index (χ3n) is 5.82. The Bertz CT molecular complexity index is 1040. The van der Waals surface area contributed by atoms with E-state index in [1.165, 1.54) is 16.7 Å². The van der Waals surface area contributed by atoms with Crippen LogP contribution in [0.5, 0.6) is 5.75 Å². The number of hydrogen-bond donors (Lipinski definition) is 1. The Morgan fingerprint density at radius 3 is 2.48 bits per heavy atom. The van der Waals surface area contributed by atoms with Crippen LogP contribution in [0.1, 0.15) is 47.3 Å². The second-order valence-corrected chi connectivity index (χ2v) is 8.07. The smallest absolute Gasteiger partial charge is 0.336 e. The Morgan fingerprint density at radius 1 is 1.03 bits per heavy atom. The molecule has 0 aliphatic carbocycles. The molecule has 3 nitrogen and oxygen atoms in total.